The molecule has 126 valence electrons. The molecule has 0 spiro atoms. The molecule has 1 aliphatic carbocycles. The molecular formula is C16H18N4O2S2. The number of rotatable bonds is 6. The first kappa shape index (κ1) is 17.1. The predicted molar refractivity (Wildman–Crippen MR) is 91.1 cm³/mol. The number of carbonyl (C=O) groups is 1. The van der Waals surface area contributed by atoms with Crippen LogP contribution in [0.15, 0.2) is 15.0 Å². The Morgan fingerprint density at radius 1 is 1.46 bits per heavy atom. The number of hydrogen-bond donors (Lipinski definition) is 0. The van der Waals surface area contributed by atoms with Crippen molar-refractivity contribution in [3.63, 3.8) is 0 Å². The van der Waals surface area contributed by atoms with Crippen LogP contribution in [0.1, 0.15) is 60.5 Å². The molecule has 0 unspecified atom stereocenters. The van der Waals surface area contributed by atoms with Crippen molar-refractivity contribution in [1.29, 1.82) is 5.26 Å². The minimum atomic E-state index is -0.822. The number of aryl methyl sites for hydroxylation is 1. The van der Waals surface area contributed by atoms with Crippen molar-refractivity contribution in [2.45, 2.75) is 56.1 Å². The molecule has 24 heavy (non-hydrogen) atoms. The van der Waals surface area contributed by atoms with Crippen LogP contribution in [0.3, 0.4) is 0 Å². The van der Waals surface area contributed by atoms with E-state index in [0.717, 1.165) is 18.5 Å². The molecule has 0 bridgehead atoms. The summed E-state index contributed by atoms with van der Waals surface area (Å²) in [5, 5.41) is 20.2. The van der Waals surface area contributed by atoms with Gasteiger partial charge in [0.2, 0.25) is 5.89 Å². The fourth-order valence-electron chi connectivity index (χ4n) is 2.78. The number of aromatic nitrogens is 3. The molecule has 1 saturated carbocycles. The van der Waals surface area contributed by atoms with Gasteiger partial charge in [0.25, 0.3) is 5.22 Å². The Kier molecular flexibility index (Phi) is 5.63. The fourth-order valence-corrected chi connectivity index (χ4v) is 4.32. The van der Waals surface area contributed by atoms with E-state index in [1.807, 2.05) is 18.4 Å². The monoisotopic (exact) mass is 362 g/mol. The second-order valence-corrected chi connectivity index (χ2v) is 7.70. The molecular weight excluding hydrogens is 344 g/mol. The Balaban J connectivity index is 1.58. The molecule has 1 atom stereocenters. The van der Waals surface area contributed by atoms with E-state index >= 15 is 0 Å². The number of thioether (sulfide) groups is 1. The van der Waals surface area contributed by atoms with Crippen LogP contribution in [0, 0.1) is 18.3 Å². The quantitative estimate of drug-likeness (QED) is 0.720. The minimum absolute atomic E-state index is 0.128. The SMILES string of the molecule is Cc1csc([C@@H](C#N)C(=O)CSc2nnc(C3CCCCC3)o2)n1. The number of thiazole rings is 1. The number of carbonyl (C=O) groups excluding carboxylic acids is 1. The van der Waals surface area contributed by atoms with Gasteiger partial charge in [0.1, 0.15) is 5.01 Å². The van der Waals surface area contributed by atoms with E-state index < -0.39 is 5.92 Å². The summed E-state index contributed by atoms with van der Waals surface area (Å²) in [6.07, 6.45) is 5.85. The van der Waals surface area contributed by atoms with Crippen molar-refractivity contribution in [1.82, 2.24) is 15.2 Å². The lowest BCUT2D eigenvalue weighted by molar-refractivity contribution is -0.116. The maximum absolute atomic E-state index is 12.3. The molecule has 0 amide bonds. The maximum Gasteiger partial charge on any atom is 0.277 e. The van der Waals surface area contributed by atoms with Gasteiger partial charge in [0, 0.05) is 17.0 Å². The Hall–Kier alpha value is -1.72. The molecule has 0 saturated heterocycles. The zero-order chi connectivity index (χ0) is 16.9. The van der Waals surface area contributed by atoms with Crippen LogP contribution >= 0.6 is 23.1 Å². The highest BCUT2D eigenvalue weighted by Gasteiger charge is 2.25. The highest BCUT2D eigenvalue weighted by molar-refractivity contribution is 7.99. The van der Waals surface area contributed by atoms with Gasteiger partial charge in [-0.3, -0.25) is 4.79 Å². The van der Waals surface area contributed by atoms with Crippen molar-refractivity contribution in [2.24, 2.45) is 0 Å². The average Bonchev–Trinajstić information content (AvgIpc) is 3.24. The molecule has 0 radical (unpaired) electrons. The zero-order valence-corrected chi connectivity index (χ0v) is 15.0. The normalized spacial score (nSPS) is 16.7. The smallest absolute Gasteiger partial charge is 0.277 e. The molecule has 8 heteroatoms. The first-order valence-electron chi connectivity index (χ1n) is 7.98. The van der Waals surface area contributed by atoms with E-state index in [1.165, 1.54) is 42.4 Å². The standard InChI is InChI=1S/C16H18N4O2S2/c1-10-8-23-15(18-10)12(7-17)13(21)9-24-16-20-19-14(22-16)11-5-3-2-4-6-11/h8,11-12H,2-6,9H2,1H3/t12-/m0/s1. The Labute approximate surface area is 148 Å². The van der Waals surface area contributed by atoms with Gasteiger partial charge in [-0.2, -0.15) is 5.26 Å². The lowest BCUT2D eigenvalue weighted by atomic mass is 9.89. The third-order valence-corrected chi connectivity index (χ3v) is 5.92. The van der Waals surface area contributed by atoms with Gasteiger partial charge in [0.15, 0.2) is 11.7 Å². The van der Waals surface area contributed by atoms with Crippen LogP contribution in [0.25, 0.3) is 0 Å². The molecule has 2 heterocycles. The van der Waals surface area contributed by atoms with E-state index in [4.69, 9.17) is 4.42 Å². The number of ketones is 1. The van der Waals surface area contributed by atoms with Crippen molar-refractivity contribution in [3.05, 3.63) is 22.0 Å². The van der Waals surface area contributed by atoms with Gasteiger partial charge in [-0.05, 0) is 19.8 Å². The second-order valence-electron chi connectivity index (χ2n) is 5.89. The van der Waals surface area contributed by atoms with Gasteiger partial charge in [-0.1, -0.05) is 31.0 Å². The largest absolute Gasteiger partial charge is 0.416 e. The predicted octanol–water partition coefficient (Wildman–Crippen LogP) is 3.85. The van der Waals surface area contributed by atoms with Crippen molar-refractivity contribution < 1.29 is 9.21 Å². The molecule has 2 aromatic rings. The topological polar surface area (TPSA) is 92.7 Å². The number of nitriles is 1. The zero-order valence-electron chi connectivity index (χ0n) is 13.4. The Morgan fingerprint density at radius 2 is 2.25 bits per heavy atom. The summed E-state index contributed by atoms with van der Waals surface area (Å²) in [5.74, 6) is 0.146. The van der Waals surface area contributed by atoms with E-state index in [0.29, 0.717) is 22.0 Å². The number of hydrogen-bond acceptors (Lipinski definition) is 8. The summed E-state index contributed by atoms with van der Waals surface area (Å²) in [4.78, 5) is 16.5. The van der Waals surface area contributed by atoms with E-state index in [1.54, 1.807) is 0 Å². The van der Waals surface area contributed by atoms with Gasteiger partial charge >= 0.3 is 0 Å². The van der Waals surface area contributed by atoms with Gasteiger partial charge in [-0.25, -0.2) is 4.98 Å². The third-order valence-electron chi connectivity index (χ3n) is 4.05. The van der Waals surface area contributed by atoms with Crippen LogP contribution in [0.2, 0.25) is 0 Å². The Bertz CT molecular complexity index is 743. The van der Waals surface area contributed by atoms with E-state index in [2.05, 4.69) is 15.2 Å². The van der Waals surface area contributed by atoms with E-state index in [-0.39, 0.29) is 11.5 Å². The molecule has 3 rings (SSSR count). The van der Waals surface area contributed by atoms with Crippen LogP contribution in [-0.4, -0.2) is 26.7 Å². The summed E-state index contributed by atoms with van der Waals surface area (Å²) in [5.41, 5.74) is 0.824. The lowest BCUT2D eigenvalue weighted by Gasteiger charge is -2.17. The van der Waals surface area contributed by atoms with Gasteiger partial charge in [0.05, 0.1) is 11.8 Å². The summed E-state index contributed by atoms with van der Waals surface area (Å²) >= 11 is 2.53. The number of Topliss-reactive ketones (excluding diaryl/α,β-unsaturated/α-hetero) is 1. The molecule has 2 aromatic heterocycles. The summed E-state index contributed by atoms with van der Waals surface area (Å²) in [6.45, 7) is 1.85. The first-order valence-corrected chi connectivity index (χ1v) is 9.84. The van der Waals surface area contributed by atoms with E-state index in [9.17, 15) is 10.1 Å². The fraction of sp³-hybridized carbons (Fsp3) is 0.562. The maximum atomic E-state index is 12.3. The molecule has 0 aliphatic heterocycles. The average molecular weight is 362 g/mol. The van der Waals surface area contributed by atoms with Crippen molar-refractivity contribution in [2.75, 3.05) is 5.75 Å². The Morgan fingerprint density at radius 3 is 2.92 bits per heavy atom. The molecule has 1 aliphatic rings. The summed E-state index contributed by atoms with van der Waals surface area (Å²) in [7, 11) is 0. The highest BCUT2D eigenvalue weighted by atomic mass is 32.2. The molecule has 0 aromatic carbocycles. The van der Waals surface area contributed by atoms with Crippen LogP contribution in [0.5, 0.6) is 0 Å². The first-order chi connectivity index (χ1) is 11.7. The highest BCUT2D eigenvalue weighted by Crippen LogP contribution is 2.33. The van der Waals surface area contributed by atoms with Crippen LogP contribution in [0.4, 0.5) is 0 Å². The molecule has 6 nitrogen and oxygen atoms in total. The van der Waals surface area contributed by atoms with Crippen LogP contribution < -0.4 is 0 Å². The second kappa shape index (κ2) is 7.90. The van der Waals surface area contributed by atoms with Gasteiger partial charge < -0.3 is 4.42 Å². The molecule has 0 N–H and O–H groups in total. The van der Waals surface area contributed by atoms with Gasteiger partial charge in [-0.15, -0.1) is 21.5 Å². The lowest BCUT2D eigenvalue weighted by Crippen LogP contribution is -2.13. The molecule has 1 fully saturated rings. The number of nitrogens with zero attached hydrogens (tertiary/aromatic N) is 4. The van der Waals surface area contributed by atoms with Crippen molar-refractivity contribution in [3.8, 4) is 6.07 Å². The van der Waals surface area contributed by atoms with Crippen molar-refractivity contribution >= 4 is 28.9 Å². The summed E-state index contributed by atoms with van der Waals surface area (Å²) in [6, 6.07) is 2.04. The summed E-state index contributed by atoms with van der Waals surface area (Å²) < 4.78 is 5.69. The minimum Gasteiger partial charge on any atom is -0.416 e. The third kappa shape index (κ3) is 4.02. The van der Waals surface area contributed by atoms with Crippen LogP contribution in [-0.2, 0) is 4.79 Å².